The minimum absolute atomic E-state index is 0.00580. The number of carboxylic acid groups (broad SMARTS) is 1. The van der Waals surface area contributed by atoms with Crippen molar-refractivity contribution in [3.05, 3.63) is 30.0 Å². The number of ether oxygens (including phenoxy) is 2. The highest BCUT2D eigenvalue weighted by Gasteiger charge is 2.35. The first-order chi connectivity index (χ1) is 22.1. The number of nitrogens with one attached hydrogen (secondary N) is 3. The van der Waals surface area contributed by atoms with Crippen LogP contribution >= 0.6 is 0 Å². The number of benzene rings is 1. The minimum atomic E-state index is -1.25. The number of carboxylic acids is 1. The van der Waals surface area contributed by atoms with Crippen molar-refractivity contribution in [2.24, 2.45) is 5.41 Å². The number of carbonyl (C=O) groups excluding carboxylic acids is 4. The lowest BCUT2D eigenvalue weighted by molar-refractivity contribution is -0.142. The smallest absolute Gasteiger partial charge is 0.418 e. The van der Waals surface area contributed by atoms with E-state index in [2.05, 4.69) is 16.0 Å². The summed E-state index contributed by atoms with van der Waals surface area (Å²) in [5, 5.41) is 18.7. The van der Waals surface area contributed by atoms with E-state index in [0.29, 0.717) is 28.6 Å². The number of amides is 4. The Morgan fingerprint density at radius 2 is 1.57 bits per heavy atom. The van der Waals surface area contributed by atoms with E-state index in [9.17, 15) is 29.1 Å². The highest BCUT2D eigenvalue weighted by molar-refractivity contribution is 5.96. The van der Waals surface area contributed by atoms with Gasteiger partial charge >= 0.3 is 18.1 Å². The Labute approximate surface area is 276 Å². The Morgan fingerprint density at radius 1 is 0.957 bits per heavy atom. The third kappa shape index (κ3) is 9.61. The van der Waals surface area contributed by atoms with Gasteiger partial charge in [0.25, 0.3) is 0 Å². The minimum Gasteiger partial charge on any atom is -0.497 e. The average Bonchev–Trinajstić information content (AvgIpc) is 3.36. The zero-order valence-electron chi connectivity index (χ0n) is 28.8. The second kappa shape index (κ2) is 16.0. The quantitative estimate of drug-likeness (QED) is 0.260. The van der Waals surface area contributed by atoms with Crippen LogP contribution in [0.15, 0.2) is 24.4 Å². The molecule has 47 heavy (non-hydrogen) atoms. The number of carbonyl (C=O) groups is 5. The maximum absolute atomic E-state index is 14.0. The first kappa shape index (κ1) is 37.2. The van der Waals surface area contributed by atoms with Crippen molar-refractivity contribution in [1.29, 1.82) is 0 Å². The molecule has 4 N–H and O–H groups in total. The topological polar surface area (TPSA) is 168 Å². The van der Waals surface area contributed by atoms with Crippen molar-refractivity contribution in [2.75, 3.05) is 14.2 Å². The lowest BCUT2D eigenvalue weighted by Crippen LogP contribution is -2.60. The highest BCUT2D eigenvalue weighted by Crippen LogP contribution is 2.28. The molecule has 4 amide bonds. The van der Waals surface area contributed by atoms with E-state index >= 15 is 0 Å². The molecule has 13 nitrogen and oxygen atoms in total. The number of fused-ring (bicyclic) bond motifs is 1. The Bertz CT molecular complexity index is 1440. The Balaban J connectivity index is 2.02. The number of hydrogen-bond acceptors (Lipinski definition) is 7. The second-order valence-corrected chi connectivity index (χ2v) is 13.6. The summed E-state index contributed by atoms with van der Waals surface area (Å²) in [6, 6.07) is 1.33. The lowest BCUT2D eigenvalue weighted by Gasteiger charge is -2.40. The van der Waals surface area contributed by atoms with Crippen molar-refractivity contribution in [2.45, 2.75) is 117 Å². The molecule has 13 heteroatoms. The summed E-state index contributed by atoms with van der Waals surface area (Å²) in [6.45, 7) is 11.6. The molecule has 5 atom stereocenters. The molecule has 3 rings (SSSR count). The van der Waals surface area contributed by atoms with Gasteiger partial charge in [-0.25, -0.2) is 14.4 Å². The summed E-state index contributed by atoms with van der Waals surface area (Å²) in [5.41, 5.74) is 0.640. The van der Waals surface area contributed by atoms with E-state index in [4.69, 9.17) is 9.47 Å². The molecule has 0 unspecified atom stereocenters. The number of piperidine rings is 1. The van der Waals surface area contributed by atoms with Crippen LogP contribution in [0.3, 0.4) is 0 Å². The molecule has 0 radical (unpaired) electrons. The predicted molar refractivity (Wildman–Crippen MR) is 177 cm³/mol. The van der Waals surface area contributed by atoms with Crippen LogP contribution in [-0.2, 0) is 25.5 Å². The number of nitrogens with zero attached hydrogens (tertiary/aromatic N) is 2. The molecule has 0 saturated carbocycles. The highest BCUT2D eigenvalue weighted by atomic mass is 16.5. The van der Waals surface area contributed by atoms with Crippen LogP contribution in [0.1, 0.15) is 85.6 Å². The van der Waals surface area contributed by atoms with Gasteiger partial charge in [0.1, 0.15) is 23.9 Å². The van der Waals surface area contributed by atoms with E-state index < -0.39 is 42.0 Å². The van der Waals surface area contributed by atoms with Gasteiger partial charge in [0.15, 0.2) is 0 Å². The zero-order chi connectivity index (χ0) is 35.1. The van der Waals surface area contributed by atoms with Crippen LogP contribution < -0.4 is 20.7 Å². The maximum atomic E-state index is 14.0. The fraction of sp³-hybridized carbons (Fsp3) is 0.618. The van der Waals surface area contributed by atoms with Crippen LogP contribution in [-0.4, -0.2) is 88.9 Å². The number of aliphatic carboxylic acids is 1. The van der Waals surface area contributed by atoms with Crippen molar-refractivity contribution < 1.29 is 38.6 Å². The molecule has 0 bridgehead atoms. The summed E-state index contributed by atoms with van der Waals surface area (Å²) in [6.07, 6.45) is 4.50. The molecule has 260 valence electrons. The molecular formula is C34H51N5O8. The van der Waals surface area contributed by atoms with E-state index in [-0.39, 0.29) is 42.8 Å². The molecule has 1 aliphatic rings. The van der Waals surface area contributed by atoms with Gasteiger partial charge < -0.3 is 35.4 Å². The largest absolute Gasteiger partial charge is 0.497 e. The molecule has 1 fully saturated rings. The molecular weight excluding hydrogens is 606 g/mol. The molecule has 0 aliphatic carbocycles. The number of hydrogen-bond donors (Lipinski definition) is 4. The molecule has 1 aromatic heterocycles. The number of likely N-dealkylation sites (tertiary alicyclic amines) is 1. The van der Waals surface area contributed by atoms with Crippen molar-refractivity contribution >= 4 is 40.8 Å². The van der Waals surface area contributed by atoms with Crippen LogP contribution in [0.5, 0.6) is 5.75 Å². The summed E-state index contributed by atoms with van der Waals surface area (Å²) in [5.74, 6) is -1.98. The standard InChI is InChI=1S/C34H51N5O8/c1-9-11-25(31(42)43)35-29(40)26(16-22-19-38(33(45)47-8)28-15-14-23(46-7)17-24(22)28)36-30(41)27(18-34(4,5)6)37-32(44)39-20(2)12-10-13-21(39)3/h14-15,17,19-21,25-27H,9-13,16,18H2,1-8H3,(H,35,40)(H,36,41)(H,37,44)(H,42,43)/t20-,21+,25-,26-,27+/m1/s1. The Morgan fingerprint density at radius 3 is 2.13 bits per heavy atom. The molecule has 2 heterocycles. The summed E-state index contributed by atoms with van der Waals surface area (Å²) < 4.78 is 11.6. The van der Waals surface area contributed by atoms with Gasteiger partial charge in [-0.15, -0.1) is 0 Å². The van der Waals surface area contributed by atoms with Gasteiger partial charge in [-0.05, 0) is 75.1 Å². The molecule has 1 aliphatic heterocycles. The van der Waals surface area contributed by atoms with Crippen molar-refractivity contribution in [3.63, 3.8) is 0 Å². The van der Waals surface area contributed by atoms with Gasteiger partial charge in [-0.1, -0.05) is 34.1 Å². The van der Waals surface area contributed by atoms with Crippen LogP contribution in [0.25, 0.3) is 10.9 Å². The first-order valence-corrected chi connectivity index (χ1v) is 16.3. The average molecular weight is 658 g/mol. The van der Waals surface area contributed by atoms with Crippen molar-refractivity contribution in [3.8, 4) is 5.75 Å². The number of rotatable bonds is 12. The van der Waals surface area contributed by atoms with Gasteiger partial charge in [0, 0.05) is 30.1 Å². The lowest BCUT2D eigenvalue weighted by atomic mass is 9.87. The number of aromatic nitrogens is 1. The van der Waals surface area contributed by atoms with E-state index in [1.165, 1.54) is 25.0 Å². The van der Waals surface area contributed by atoms with Crippen LogP contribution in [0.2, 0.25) is 0 Å². The third-order valence-electron chi connectivity index (χ3n) is 8.57. The summed E-state index contributed by atoms with van der Waals surface area (Å²) in [7, 11) is 2.76. The molecule has 2 aromatic rings. The zero-order valence-corrected chi connectivity index (χ0v) is 28.8. The molecule has 1 aromatic carbocycles. The molecule has 1 saturated heterocycles. The van der Waals surface area contributed by atoms with Crippen molar-refractivity contribution in [1.82, 2.24) is 25.4 Å². The monoisotopic (exact) mass is 657 g/mol. The van der Waals surface area contributed by atoms with Crippen LogP contribution in [0, 0.1) is 5.41 Å². The first-order valence-electron chi connectivity index (χ1n) is 16.3. The third-order valence-corrected chi connectivity index (χ3v) is 8.57. The van der Waals surface area contributed by atoms with Gasteiger partial charge in [0.05, 0.1) is 19.7 Å². The van der Waals surface area contributed by atoms with Gasteiger partial charge in [0.2, 0.25) is 11.8 Å². The normalized spacial score (nSPS) is 18.5. The predicted octanol–water partition coefficient (Wildman–Crippen LogP) is 4.44. The van der Waals surface area contributed by atoms with E-state index in [0.717, 1.165) is 19.3 Å². The fourth-order valence-corrected chi connectivity index (χ4v) is 6.20. The van der Waals surface area contributed by atoms with Gasteiger partial charge in [-0.2, -0.15) is 0 Å². The number of methoxy groups -OCH3 is 2. The summed E-state index contributed by atoms with van der Waals surface area (Å²) in [4.78, 5) is 67.7. The summed E-state index contributed by atoms with van der Waals surface area (Å²) >= 11 is 0. The number of urea groups is 1. The Kier molecular flexibility index (Phi) is 12.7. The molecule has 0 spiro atoms. The fourth-order valence-electron chi connectivity index (χ4n) is 6.20. The maximum Gasteiger partial charge on any atom is 0.418 e. The SMILES string of the molecule is CCC[C@@H](NC(=O)[C@@H](Cc1cn(C(=O)OC)c2ccc(OC)cc12)NC(=O)[C@H](CC(C)(C)C)NC(=O)N1[C@H](C)CCC[C@@H]1C)C(=O)O. The van der Waals surface area contributed by atoms with Gasteiger partial charge in [-0.3, -0.25) is 14.2 Å². The second-order valence-electron chi connectivity index (χ2n) is 13.6. The Hall–Kier alpha value is -4.29. The van der Waals surface area contributed by atoms with Crippen LogP contribution in [0.4, 0.5) is 9.59 Å². The van der Waals surface area contributed by atoms with E-state index in [1.54, 1.807) is 30.0 Å². The van der Waals surface area contributed by atoms with E-state index in [1.807, 2.05) is 34.6 Å².